The van der Waals surface area contributed by atoms with Gasteiger partial charge in [-0.1, -0.05) is 19.1 Å². The van der Waals surface area contributed by atoms with Gasteiger partial charge in [0.15, 0.2) is 12.6 Å². The van der Waals surface area contributed by atoms with Crippen molar-refractivity contribution in [3.63, 3.8) is 0 Å². The summed E-state index contributed by atoms with van der Waals surface area (Å²) >= 11 is 0. The molecule has 1 aliphatic carbocycles. The van der Waals surface area contributed by atoms with E-state index in [0.29, 0.717) is 12.1 Å². The minimum absolute atomic E-state index is 0. The van der Waals surface area contributed by atoms with Crippen molar-refractivity contribution in [1.82, 2.24) is 16.0 Å². The topological polar surface area (TPSA) is 74.8 Å². The molecule has 1 fully saturated rings. The molecule has 6 nitrogen and oxygen atoms in total. The number of halogens is 1. The Morgan fingerprint density at radius 1 is 1.26 bits per heavy atom. The first kappa shape index (κ1) is 23.5. The summed E-state index contributed by atoms with van der Waals surface area (Å²) in [7, 11) is 0. The lowest BCUT2D eigenvalue weighted by Gasteiger charge is -2.16. The number of hydrogen-bond acceptors (Lipinski definition) is 3. The zero-order chi connectivity index (χ0) is 18.8. The first-order valence-corrected chi connectivity index (χ1v) is 9.66. The average molecular weight is 488 g/mol. The van der Waals surface area contributed by atoms with Gasteiger partial charge >= 0.3 is 0 Å². The molecule has 0 heterocycles. The SMILES string of the molecule is CCNC(=NCCc1ccc(OCC(=O)NC2CC2)cc1)NC(C)CC.I. The van der Waals surface area contributed by atoms with Crippen molar-refractivity contribution in [2.45, 2.75) is 58.5 Å². The summed E-state index contributed by atoms with van der Waals surface area (Å²) in [5.74, 6) is 1.54. The summed E-state index contributed by atoms with van der Waals surface area (Å²) in [5.41, 5.74) is 1.20. The predicted octanol–water partition coefficient (Wildman–Crippen LogP) is 2.86. The number of nitrogens with zero attached hydrogens (tertiary/aromatic N) is 1. The number of aliphatic imine (C=N–C) groups is 1. The molecule has 0 aliphatic heterocycles. The molecule has 152 valence electrons. The molecule has 0 spiro atoms. The molecule has 1 aromatic rings. The van der Waals surface area contributed by atoms with Crippen LogP contribution in [0.5, 0.6) is 5.75 Å². The molecule has 0 aromatic heterocycles. The summed E-state index contributed by atoms with van der Waals surface area (Å²) in [6.45, 7) is 8.01. The highest BCUT2D eigenvalue weighted by Crippen LogP contribution is 2.18. The Morgan fingerprint density at radius 3 is 2.56 bits per heavy atom. The number of nitrogens with one attached hydrogen (secondary N) is 3. The molecule has 1 aromatic carbocycles. The summed E-state index contributed by atoms with van der Waals surface area (Å²) in [4.78, 5) is 16.2. The van der Waals surface area contributed by atoms with E-state index < -0.39 is 0 Å². The third-order valence-corrected chi connectivity index (χ3v) is 4.25. The van der Waals surface area contributed by atoms with Crippen molar-refractivity contribution in [1.29, 1.82) is 0 Å². The normalized spacial score (nSPS) is 14.7. The molecule has 1 atom stereocenters. The van der Waals surface area contributed by atoms with E-state index in [4.69, 9.17) is 4.74 Å². The smallest absolute Gasteiger partial charge is 0.258 e. The van der Waals surface area contributed by atoms with Gasteiger partial charge in [-0.05, 0) is 57.2 Å². The first-order valence-electron chi connectivity index (χ1n) is 9.66. The van der Waals surface area contributed by atoms with Gasteiger partial charge in [-0.15, -0.1) is 24.0 Å². The van der Waals surface area contributed by atoms with Crippen LogP contribution in [0.15, 0.2) is 29.3 Å². The lowest BCUT2D eigenvalue weighted by molar-refractivity contribution is -0.123. The fraction of sp³-hybridized carbons (Fsp3) is 0.600. The van der Waals surface area contributed by atoms with Gasteiger partial charge in [0.1, 0.15) is 5.75 Å². The van der Waals surface area contributed by atoms with E-state index >= 15 is 0 Å². The molecule has 1 amide bonds. The predicted molar refractivity (Wildman–Crippen MR) is 121 cm³/mol. The number of ether oxygens (including phenoxy) is 1. The number of carbonyl (C=O) groups is 1. The second kappa shape index (κ2) is 12.8. The Bertz CT molecular complexity index is 588. The highest BCUT2D eigenvalue weighted by molar-refractivity contribution is 14.0. The van der Waals surface area contributed by atoms with Crippen LogP contribution in [0.3, 0.4) is 0 Å². The second-order valence-corrected chi connectivity index (χ2v) is 6.74. The van der Waals surface area contributed by atoms with Gasteiger partial charge in [0, 0.05) is 25.2 Å². The van der Waals surface area contributed by atoms with E-state index in [0.717, 1.165) is 50.5 Å². The fourth-order valence-corrected chi connectivity index (χ4v) is 2.35. The van der Waals surface area contributed by atoms with Gasteiger partial charge < -0.3 is 20.7 Å². The molecular weight excluding hydrogens is 455 g/mol. The number of amides is 1. The Balaban J connectivity index is 0.00000364. The van der Waals surface area contributed by atoms with Gasteiger partial charge in [-0.2, -0.15) is 0 Å². The molecule has 1 aliphatic rings. The van der Waals surface area contributed by atoms with E-state index in [2.05, 4.69) is 41.7 Å². The minimum Gasteiger partial charge on any atom is -0.484 e. The third-order valence-electron chi connectivity index (χ3n) is 4.25. The van der Waals surface area contributed by atoms with Gasteiger partial charge in [0.25, 0.3) is 5.91 Å². The number of benzene rings is 1. The summed E-state index contributed by atoms with van der Waals surface area (Å²) < 4.78 is 5.52. The number of carbonyl (C=O) groups excluding carboxylic acids is 1. The Kier molecular flexibility index (Phi) is 11.2. The molecule has 7 heteroatoms. The Hall–Kier alpha value is -1.51. The molecule has 1 saturated carbocycles. The summed E-state index contributed by atoms with van der Waals surface area (Å²) in [5, 5.41) is 9.57. The number of guanidine groups is 1. The second-order valence-electron chi connectivity index (χ2n) is 6.74. The van der Waals surface area contributed by atoms with Crippen molar-refractivity contribution in [3.8, 4) is 5.75 Å². The zero-order valence-corrected chi connectivity index (χ0v) is 18.9. The van der Waals surface area contributed by atoms with Crippen LogP contribution in [-0.2, 0) is 11.2 Å². The van der Waals surface area contributed by atoms with Crippen LogP contribution >= 0.6 is 24.0 Å². The van der Waals surface area contributed by atoms with Gasteiger partial charge in [0.05, 0.1) is 0 Å². The molecule has 0 radical (unpaired) electrons. The fourth-order valence-electron chi connectivity index (χ4n) is 2.35. The maximum atomic E-state index is 11.6. The van der Waals surface area contributed by atoms with Crippen molar-refractivity contribution >= 4 is 35.8 Å². The largest absolute Gasteiger partial charge is 0.484 e. The average Bonchev–Trinajstić information content (AvgIpc) is 3.45. The van der Waals surface area contributed by atoms with Crippen molar-refractivity contribution < 1.29 is 9.53 Å². The van der Waals surface area contributed by atoms with E-state index in [-0.39, 0.29) is 36.5 Å². The molecule has 1 unspecified atom stereocenters. The minimum atomic E-state index is -0.0457. The van der Waals surface area contributed by atoms with Crippen LogP contribution in [0.25, 0.3) is 0 Å². The van der Waals surface area contributed by atoms with Crippen LogP contribution in [0.4, 0.5) is 0 Å². The van der Waals surface area contributed by atoms with Crippen LogP contribution in [-0.4, -0.2) is 43.6 Å². The van der Waals surface area contributed by atoms with Crippen molar-refractivity contribution in [3.05, 3.63) is 29.8 Å². The van der Waals surface area contributed by atoms with E-state index in [1.165, 1.54) is 5.56 Å². The molecule has 2 rings (SSSR count). The highest BCUT2D eigenvalue weighted by Gasteiger charge is 2.23. The van der Waals surface area contributed by atoms with Gasteiger partial charge in [-0.25, -0.2) is 0 Å². The van der Waals surface area contributed by atoms with Crippen LogP contribution in [0.2, 0.25) is 0 Å². The number of rotatable bonds is 10. The summed E-state index contributed by atoms with van der Waals surface area (Å²) in [6.07, 6.45) is 4.10. The molecular formula is C20H33IN4O2. The van der Waals surface area contributed by atoms with E-state index in [1.54, 1.807) is 0 Å². The summed E-state index contributed by atoms with van der Waals surface area (Å²) in [6, 6.07) is 8.65. The maximum absolute atomic E-state index is 11.6. The zero-order valence-electron chi connectivity index (χ0n) is 16.6. The molecule has 27 heavy (non-hydrogen) atoms. The molecule has 3 N–H and O–H groups in total. The lowest BCUT2D eigenvalue weighted by Crippen LogP contribution is -2.42. The van der Waals surface area contributed by atoms with E-state index in [9.17, 15) is 4.79 Å². The van der Waals surface area contributed by atoms with Crippen LogP contribution < -0.4 is 20.7 Å². The third kappa shape index (κ3) is 9.83. The Morgan fingerprint density at radius 2 is 1.96 bits per heavy atom. The number of hydrogen-bond donors (Lipinski definition) is 3. The molecule has 0 saturated heterocycles. The van der Waals surface area contributed by atoms with E-state index in [1.807, 2.05) is 24.3 Å². The van der Waals surface area contributed by atoms with Crippen LogP contribution in [0.1, 0.15) is 45.6 Å². The van der Waals surface area contributed by atoms with Gasteiger partial charge in [-0.3, -0.25) is 9.79 Å². The highest BCUT2D eigenvalue weighted by atomic mass is 127. The van der Waals surface area contributed by atoms with Crippen LogP contribution in [0, 0.1) is 0 Å². The Labute approximate surface area is 179 Å². The monoisotopic (exact) mass is 488 g/mol. The molecule has 0 bridgehead atoms. The quantitative estimate of drug-likeness (QED) is 0.269. The standard InChI is InChI=1S/C20H32N4O2.HI/c1-4-15(3)23-20(21-5-2)22-13-12-16-6-10-18(11-7-16)26-14-19(25)24-17-8-9-17;/h6-7,10-11,15,17H,4-5,8-9,12-14H2,1-3H3,(H,24,25)(H2,21,22,23);1H. The van der Waals surface area contributed by atoms with Crippen molar-refractivity contribution in [2.24, 2.45) is 4.99 Å². The van der Waals surface area contributed by atoms with Crippen molar-refractivity contribution in [2.75, 3.05) is 19.7 Å². The maximum Gasteiger partial charge on any atom is 0.258 e. The lowest BCUT2D eigenvalue weighted by atomic mass is 10.1. The first-order chi connectivity index (χ1) is 12.6. The van der Waals surface area contributed by atoms with Gasteiger partial charge in [0.2, 0.25) is 0 Å².